The number of hydrogen-bond acceptors (Lipinski definition) is 4. The van der Waals surface area contributed by atoms with Gasteiger partial charge in [0.25, 0.3) is 0 Å². The van der Waals surface area contributed by atoms with Crippen LogP contribution in [-0.2, 0) is 4.74 Å². The molecule has 0 saturated heterocycles. The molecule has 0 heterocycles. The highest BCUT2D eigenvalue weighted by Gasteiger charge is 2.16. The van der Waals surface area contributed by atoms with Crippen molar-refractivity contribution in [1.29, 1.82) is 0 Å². The molecule has 0 saturated carbocycles. The maximum atomic E-state index is 13.1. The number of hydrogen-bond donors (Lipinski definition) is 0. The Labute approximate surface area is 85.6 Å². The molecule has 80 valence electrons. The molecule has 0 spiro atoms. The van der Waals surface area contributed by atoms with Crippen molar-refractivity contribution in [2.24, 2.45) is 0 Å². The Morgan fingerprint density at radius 1 is 1.40 bits per heavy atom. The highest BCUT2D eigenvalue weighted by Crippen LogP contribution is 2.21. The molecule has 0 aliphatic rings. The van der Waals surface area contributed by atoms with E-state index in [9.17, 15) is 14.0 Å². The molecular weight excluding hydrogens is 203 g/mol. The van der Waals surface area contributed by atoms with Crippen molar-refractivity contribution in [1.82, 2.24) is 0 Å². The second-order valence-corrected chi connectivity index (χ2v) is 2.68. The summed E-state index contributed by atoms with van der Waals surface area (Å²) in [5.74, 6) is -1.52. The topological polar surface area (TPSA) is 52.6 Å². The highest BCUT2D eigenvalue weighted by molar-refractivity contribution is 5.98. The predicted octanol–water partition coefficient (Wildman–Crippen LogP) is 1.43. The molecule has 4 nitrogen and oxygen atoms in total. The lowest BCUT2D eigenvalue weighted by Gasteiger charge is -2.06. The molecule has 0 fully saturated rings. The minimum atomic E-state index is -0.713. The van der Waals surface area contributed by atoms with Gasteiger partial charge in [0, 0.05) is 5.56 Å². The number of carbonyl (C=O) groups is 2. The summed E-state index contributed by atoms with van der Waals surface area (Å²) in [4.78, 5) is 21.8. The molecule has 0 atom stereocenters. The number of carbonyl (C=O) groups excluding carboxylic acids is 2. The third-order valence-corrected chi connectivity index (χ3v) is 1.86. The monoisotopic (exact) mass is 212 g/mol. The summed E-state index contributed by atoms with van der Waals surface area (Å²) >= 11 is 0. The molecule has 1 aromatic carbocycles. The van der Waals surface area contributed by atoms with Crippen LogP contribution < -0.4 is 4.74 Å². The zero-order chi connectivity index (χ0) is 11.4. The van der Waals surface area contributed by atoms with Crippen molar-refractivity contribution >= 4 is 12.3 Å². The van der Waals surface area contributed by atoms with Gasteiger partial charge in [-0.3, -0.25) is 4.79 Å². The van der Waals surface area contributed by atoms with Gasteiger partial charge < -0.3 is 9.47 Å². The molecule has 5 heteroatoms. The Balaban J connectivity index is 3.34. The lowest BCUT2D eigenvalue weighted by molar-refractivity contribution is 0.0598. The van der Waals surface area contributed by atoms with Crippen molar-refractivity contribution in [3.63, 3.8) is 0 Å². The van der Waals surface area contributed by atoms with Crippen LogP contribution in [0.25, 0.3) is 0 Å². The van der Waals surface area contributed by atoms with Gasteiger partial charge in [-0.05, 0) is 12.1 Å². The quantitative estimate of drug-likeness (QED) is 0.561. The lowest BCUT2D eigenvalue weighted by atomic mass is 10.1. The molecule has 0 amide bonds. The molecule has 0 aliphatic carbocycles. The Hall–Kier alpha value is -1.91. The van der Waals surface area contributed by atoms with Crippen molar-refractivity contribution in [2.45, 2.75) is 0 Å². The Morgan fingerprint density at radius 3 is 2.53 bits per heavy atom. The van der Waals surface area contributed by atoms with E-state index in [2.05, 4.69) is 9.47 Å². The molecule has 1 rings (SSSR count). The lowest BCUT2D eigenvalue weighted by Crippen LogP contribution is -2.06. The molecule has 0 unspecified atom stereocenters. The number of benzene rings is 1. The second kappa shape index (κ2) is 4.54. The van der Waals surface area contributed by atoms with Crippen LogP contribution in [0.1, 0.15) is 20.7 Å². The molecule has 15 heavy (non-hydrogen) atoms. The minimum absolute atomic E-state index is 0.0225. The summed E-state index contributed by atoms with van der Waals surface area (Å²) in [7, 11) is 2.44. The second-order valence-electron chi connectivity index (χ2n) is 2.68. The predicted molar refractivity (Wildman–Crippen MR) is 49.7 cm³/mol. The van der Waals surface area contributed by atoms with Gasteiger partial charge in [-0.1, -0.05) is 0 Å². The number of esters is 1. The summed E-state index contributed by atoms with van der Waals surface area (Å²) < 4.78 is 22.3. The van der Waals surface area contributed by atoms with Crippen LogP contribution >= 0.6 is 0 Å². The van der Waals surface area contributed by atoms with Gasteiger partial charge in [-0.2, -0.15) is 0 Å². The van der Waals surface area contributed by atoms with E-state index >= 15 is 0 Å². The third-order valence-electron chi connectivity index (χ3n) is 1.86. The number of halogens is 1. The van der Waals surface area contributed by atoms with E-state index < -0.39 is 11.8 Å². The maximum absolute atomic E-state index is 13.1. The van der Waals surface area contributed by atoms with Gasteiger partial charge in [0.15, 0.2) is 17.9 Å². The Kier molecular flexibility index (Phi) is 3.38. The first-order chi connectivity index (χ1) is 7.13. The molecule has 0 bridgehead atoms. The van der Waals surface area contributed by atoms with Crippen LogP contribution in [0, 0.1) is 5.82 Å². The summed E-state index contributed by atoms with van der Waals surface area (Å²) in [5.41, 5.74) is -0.0918. The van der Waals surface area contributed by atoms with Gasteiger partial charge >= 0.3 is 5.97 Å². The fourth-order valence-electron chi connectivity index (χ4n) is 1.11. The van der Waals surface area contributed by atoms with Gasteiger partial charge in [-0.15, -0.1) is 0 Å². The molecule has 0 radical (unpaired) electrons. The maximum Gasteiger partial charge on any atom is 0.338 e. The van der Waals surface area contributed by atoms with E-state index in [0.717, 1.165) is 12.1 Å². The highest BCUT2D eigenvalue weighted by atomic mass is 19.1. The summed E-state index contributed by atoms with van der Waals surface area (Å²) in [6, 6.07) is 2.06. The number of ether oxygens (including phenoxy) is 2. The molecule has 0 aliphatic heterocycles. The van der Waals surface area contributed by atoms with Crippen molar-refractivity contribution in [2.75, 3.05) is 14.2 Å². The van der Waals surface area contributed by atoms with E-state index in [1.165, 1.54) is 14.2 Å². The summed E-state index contributed by atoms with van der Waals surface area (Å²) in [5, 5.41) is 0. The van der Waals surface area contributed by atoms with E-state index in [1.807, 2.05) is 0 Å². The normalized spacial score (nSPS) is 9.53. The van der Waals surface area contributed by atoms with Gasteiger partial charge in [0.05, 0.1) is 19.8 Å². The summed E-state index contributed by atoms with van der Waals surface area (Å²) in [6.07, 6.45) is 0.384. The standard InChI is InChI=1S/C10H9FO4/c1-14-9-4-7(10(13)15-2)6(5-12)3-8(9)11/h3-5H,1-2H3. The van der Waals surface area contributed by atoms with Crippen LogP contribution in [0.3, 0.4) is 0 Å². The number of rotatable bonds is 3. The average Bonchev–Trinajstić information content (AvgIpc) is 2.27. The van der Waals surface area contributed by atoms with Gasteiger partial charge in [-0.25, -0.2) is 9.18 Å². The molecule has 1 aromatic rings. The first kappa shape index (κ1) is 11.2. The van der Waals surface area contributed by atoms with Gasteiger partial charge in [0.1, 0.15) is 0 Å². The van der Waals surface area contributed by atoms with E-state index in [4.69, 9.17) is 0 Å². The fraction of sp³-hybridized carbons (Fsp3) is 0.200. The average molecular weight is 212 g/mol. The number of aldehydes is 1. The first-order valence-electron chi connectivity index (χ1n) is 4.05. The van der Waals surface area contributed by atoms with E-state index in [1.54, 1.807) is 0 Å². The van der Waals surface area contributed by atoms with Gasteiger partial charge in [0.2, 0.25) is 0 Å². The first-order valence-corrected chi connectivity index (χ1v) is 4.05. The van der Waals surface area contributed by atoms with E-state index in [0.29, 0.717) is 6.29 Å². The van der Waals surface area contributed by atoms with E-state index in [-0.39, 0.29) is 16.9 Å². The van der Waals surface area contributed by atoms with Crippen LogP contribution in [0.2, 0.25) is 0 Å². The fourth-order valence-corrected chi connectivity index (χ4v) is 1.11. The zero-order valence-electron chi connectivity index (χ0n) is 8.24. The molecule has 0 aromatic heterocycles. The Bertz CT molecular complexity index is 401. The SMILES string of the molecule is COC(=O)c1cc(OC)c(F)cc1C=O. The Morgan fingerprint density at radius 2 is 2.07 bits per heavy atom. The smallest absolute Gasteiger partial charge is 0.338 e. The van der Waals surface area contributed by atoms with Crippen molar-refractivity contribution in [3.8, 4) is 5.75 Å². The molecular formula is C10H9FO4. The van der Waals surface area contributed by atoms with Crippen LogP contribution in [0.15, 0.2) is 12.1 Å². The minimum Gasteiger partial charge on any atom is -0.494 e. The third kappa shape index (κ3) is 2.12. The zero-order valence-corrected chi connectivity index (χ0v) is 8.24. The van der Waals surface area contributed by atoms with Crippen LogP contribution in [0.4, 0.5) is 4.39 Å². The molecule has 0 N–H and O–H groups in total. The van der Waals surface area contributed by atoms with Crippen LogP contribution in [-0.4, -0.2) is 26.5 Å². The van der Waals surface area contributed by atoms with Crippen LogP contribution in [0.5, 0.6) is 5.75 Å². The summed E-state index contributed by atoms with van der Waals surface area (Å²) in [6.45, 7) is 0. The van der Waals surface area contributed by atoms with Crippen molar-refractivity contribution in [3.05, 3.63) is 29.1 Å². The number of methoxy groups -OCH3 is 2. The largest absolute Gasteiger partial charge is 0.494 e. The van der Waals surface area contributed by atoms with Crippen molar-refractivity contribution < 1.29 is 23.5 Å².